The van der Waals surface area contributed by atoms with Gasteiger partial charge in [0.25, 0.3) is 0 Å². The molecule has 1 N–H and O–H groups in total. The Hall–Kier alpha value is -2.96. The van der Waals surface area contributed by atoms with E-state index in [2.05, 4.69) is 13.0 Å². The van der Waals surface area contributed by atoms with Crippen molar-refractivity contribution in [3.8, 4) is 0 Å². The lowest BCUT2D eigenvalue weighted by molar-refractivity contribution is -0.131. The second kappa shape index (κ2) is 11.0. The summed E-state index contributed by atoms with van der Waals surface area (Å²) >= 11 is 0. The second-order valence-corrected chi connectivity index (χ2v) is 9.16. The van der Waals surface area contributed by atoms with Crippen LogP contribution in [0.3, 0.4) is 0 Å². The summed E-state index contributed by atoms with van der Waals surface area (Å²) in [7, 11) is 1.69. The van der Waals surface area contributed by atoms with E-state index in [1.807, 2.05) is 54.6 Å². The Kier molecular flexibility index (Phi) is 7.80. The first-order chi connectivity index (χ1) is 16.5. The highest BCUT2D eigenvalue weighted by atomic mass is 16.5. The van der Waals surface area contributed by atoms with Crippen LogP contribution in [0.5, 0.6) is 0 Å². The standard InChI is InChI=1S/C28H34N2O4/c1-20(7-5-11-26(32)29-18-6-9-24(29)19-31)28(34-2)22-12-15-23(16-13-22)30-25-10-4-3-8-21(25)14-17-27(30)33/h3-5,7-8,10,12-13,15-16,20,24,28,31H,6,9,11,14,17-19H2,1-2H3/b7-5+/t20-,24+,28+/m1/s1. The van der Waals surface area contributed by atoms with Gasteiger partial charge in [0.05, 0.1) is 24.4 Å². The van der Waals surface area contributed by atoms with Crippen LogP contribution in [0.1, 0.15) is 49.8 Å². The Balaban J connectivity index is 1.42. The Morgan fingerprint density at radius 1 is 1.18 bits per heavy atom. The van der Waals surface area contributed by atoms with Crippen molar-refractivity contribution in [2.24, 2.45) is 5.92 Å². The fourth-order valence-corrected chi connectivity index (χ4v) is 5.13. The fraction of sp³-hybridized carbons (Fsp3) is 0.429. The highest BCUT2D eigenvalue weighted by Crippen LogP contribution is 2.35. The minimum Gasteiger partial charge on any atom is -0.394 e. The number of ether oxygens (including phenoxy) is 1. The van der Waals surface area contributed by atoms with Crippen molar-refractivity contribution >= 4 is 23.2 Å². The zero-order valence-corrected chi connectivity index (χ0v) is 20.0. The van der Waals surface area contributed by atoms with E-state index in [4.69, 9.17) is 4.74 Å². The van der Waals surface area contributed by atoms with Crippen LogP contribution >= 0.6 is 0 Å². The topological polar surface area (TPSA) is 70.1 Å². The fourth-order valence-electron chi connectivity index (χ4n) is 5.13. The van der Waals surface area contributed by atoms with Crippen molar-refractivity contribution in [3.05, 3.63) is 71.8 Å². The molecule has 0 aromatic heterocycles. The maximum atomic E-state index is 12.7. The summed E-state index contributed by atoms with van der Waals surface area (Å²) in [4.78, 5) is 28.8. The number of methoxy groups -OCH3 is 1. The molecule has 6 heteroatoms. The molecule has 0 radical (unpaired) electrons. The molecule has 0 saturated carbocycles. The number of nitrogens with zero attached hydrogens (tertiary/aromatic N) is 2. The monoisotopic (exact) mass is 462 g/mol. The molecule has 2 aromatic rings. The van der Waals surface area contributed by atoms with Gasteiger partial charge in [0.15, 0.2) is 0 Å². The Labute approximate surface area is 201 Å². The molecule has 180 valence electrons. The van der Waals surface area contributed by atoms with Crippen LogP contribution in [0.2, 0.25) is 0 Å². The van der Waals surface area contributed by atoms with E-state index in [9.17, 15) is 14.7 Å². The van der Waals surface area contributed by atoms with Crippen molar-refractivity contribution in [2.75, 3.05) is 25.2 Å². The van der Waals surface area contributed by atoms with E-state index in [0.29, 0.717) is 12.8 Å². The van der Waals surface area contributed by atoms with Crippen molar-refractivity contribution in [1.82, 2.24) is 4.90 Å². The average Bonchev–Trinajstić information content (AvgIpc) is 3.34. The predicted molar refractivity (Wildman–Crippen MR) is 133 cm³/mol. The summed E-state index contributed by atoms with van der Waals surface area (Å²) in [5.41, 5.74) is 4.02. The van der Waals surface area contributed by atoms with Gasteiger partial charge in [-0.25, -0.2) is 0 Å². The van der Waals surface area contributed by atoms with Gasteiger partial charge in [-0.05, 0) is 48.6 Å². The SMILES string of the molecule is CO[C@H](c1ccc(N2C(=O)CCc3ccccc32)cc1)[C@H](C)/C=C/CC(=O)N1CCC[C@H]1CO. The first-order valence-corrected chi connectivity index (χ1v) is 12.1. The molecule has 0 spiro atoms. The molecule has 0 bridgehead atoms. The van der Waals surface area contributed by atoms with E-state index in [1.165, 1.54) is 5.56 Å². The number of fused-ring (bicyclic) bond motifs is 1. The number of aliphatic hydroxyl groups is 1. The van der Waals surface area contributed by atoms with Gasteiger partial charge in [-0.3, -0.25) is 14.5 Å². The van der Waals surface area contributed by atoms with Crippen LogP contribution in [0.4, 0.5) is 11.4 Å². The van der Waals surface area contributed by atoms with Gasteiger partial charge in [-0.15, -0.1) is 0 Å². The summed E-state index contributed by atoms with van der Waals surface area (Å²) < 4.78 is 5.79. The van der Waals surface area contributed by atoms with Crippen molar-refractivity contribution < 1.29 is 19.4 Å². The minimum absolute atomic E-state index is 0.0300. The zero-order chi connectivity index (χ0) is 24.1. The third-order valence-electron chi connectivity index (χ3n) is 6.94. The van der Waals surface area contributed by atoms with Gasteiger partial charge in [0, 0.05) is 38.1 Å². The third-order valence-corrected chi connectivity index (χ3v) is 6.94. The van der Waals surface area contributed by atoms with Gasteiger partial charge in [-0.1, -0.05) is 49.4 Å². The first kappa shape index (κ1) is 24.2. The molecule has 3 atom stereocenters. The van der Waals surface area contributed by atoms with Crippen LogP contribution in [-0.2, 0) is 20.7 Å². The second-order valence-electron chi connectivity index (χ2n) is 9.16. The summed E-state index contributed by atoms with van der Waals surface area (Å²) in [6.07, 6.45) is 7.20. The van der Waals surface area contributed by atoms with E-state index in [0.717, 1.165) is 42.7 Å². The lowest BCUT2D eigenvalue weighted by Crippen LogP contribution is -2.37. The molecule has 2 heterocycles. The highest BCUT2D eigenvalue weighted by Gasteiger charge is 2.28. The number of aryl methyl sites for hydroxylation is 1. The lowest BCUT2D eigenvalue weighted by atomic mass is 9.95. The third kappa shape index (κ3) is 5.08. The molecule has 0 aliphatic carbocycles. The van der Waals surface area contributed by atoms with E-state index in [-0.39, 0.29) is 36.5 Å². The van der Waals surface area contributed by atoms with Gasteiger partial charge < -0.3 is 14.7 Å². The smallest absolute Gasteiger partial charge is 0.231 e. The van der Waals surface area contributed by atoms with Crippen LogP contribution in [0.25, 0.3) is 0 Å². The molecule has 2 amide bonds. The van der Waals surface area contributed by atoms with Gasteiger partial charge in [0.2, 0.25) is 11.8 Å². The van der Waals surface area contributed by atoms with Crippen LogP contribution in [-0.4, -0.2) is 48.1 Å². The molecule has 1 saturated heterocycles. The number of para-hydroxylation sites is 1. The number of hydrogen-bond donors (Lipinski definition) is 1. The number of rotatable bonds is 8. The lowest BCUT2D eigenvalue weighted by Gasteiger charge is -2.30. The van der Waals surface area contributed by atoms with Crippen LogP contribution in [0, 0.1) is 5.92 Å². The van der Waals surface area contributed by atoms with Crippen LogP contribution in [0.15, 0.2) is 60.7 Å². The predicted octanol–water partition coefficient (Wildman–Crippen LogP) is 4.55. The molecule has 2 aliphatic rings. The maximum absolute atomic E-state index is 12.7. The molecule has 6 nitrogen and oxygen atoms in total. The summed E-state index contributed by atoms with van der Waals surface area (Å²) in [6, 6.07) is 16.0. The van der Waals surface area contributed by atoms with Crippen LogP contribution < -0.4 is 4.90 Å². The average molecular weight is 463 g/mol. The number of carbonyl (C=O) groups is 2. The van der Waals surface area contributed by atoms with Crippen molar-refractivity contribution in [3.63, 3.8) is 0 Å². The number of amides is 2. The Morgan fingerprint density at radius 2 is 1.94 bits per heavy atom. The highest BCUT2D eigenvalue weighted by molar-refractivity contribution is 6.03. The summed E-state index contributed by atoms with van der Waals surface area (Å²) in [5, 5.41) is 9.45. The Bertz CT molecular complexity index is 1030. The molecule has 1 fully saturated rings. The molecule has 34 heavy (non-hydrogen) atoms. The first-order valence-electron chi connectivity index (χ1n) is 12.1. The minimum atomic E-state index is -0.165. The molecule has 2 aromatic carbocycles. The number of carbonyl (C=O) groups excluding carboxylic acids is 2. The number of aliphatic hydroxyl groups excluding tert-OH is 1. The van der Waals surface area contributed by atoms with E-state index in [1.54, 1.807) is 16.9 Å². The number of anilines is 2. The molecule has 4 rings (SSSR count). The number of benzene rings is 2. The number of likely N-dealkylation sites (tertiary alicyclic amines) is 1. The van der Waals surface area contributed by atoms with E-state index < -0.39 is 0 Å². The normalized spacial score (nSPS) is 20.0. The summed E-state index contributed by atoms with van der Waals surface area (Å²) in [5.74, 6) is 0.232. The van der Waals surface area contributed by atoms with Gasteiger partial charge >= 0.3 is 0 Å². The molecular weight excluding hydrogens is 428 g/mol. The molecule has 2 aliphatic heterocycles. The van der Waals surface area contributed by atoms with Gasteiger partial charge in [-0.2, -0.15) is 0 Å². The van der Waals surface area contributed by atoms with Gasteiger partial charge in [0.1, 0.15) is 0 Å². The zero-order valence-electron chi connectivity index (χ0n) is 20.0. The maximum Gasteiger partial charge on any atom is 0.231 e. The summed E-state index contributed by atoms with van der Waals surface area (Å²) in [6.45, 7) is 2.83. The van der Waals surface area contributed by atoms with Crippen molar-refractivity contribution in [2.45, 2.75) is 51.2 Å². The Morgan fingerprint density at radius 3 is 2.68 bits per heavy atom. The molecular formula is C28H34N2O4. The quantitative estimate of drug-likeness (QED) is 0.585. The van der Waals surface area contributed by atoms with Crippen molar-refractivity contribution in [1.29, 1.82) is 0 Å². The molecule has 0 unspecified atom stereocenters. The van der Waals surface area contributed by atoms with E-state index >= 15 is 0 Å². The number of hydrogen-bond acceptors (Lipinski definition) is 4. The largest absolute Gasteiger partial charge is 0.394 e.